The van der Waals surface area contributed by atoms with Crippen molar-refractivity contribution in [2.75, 3.05) is 6.54 Å². The number of halogens is 2. The van der Waals surface area contributed by atoms with E-state index in [1.54, 1.807) is 0 Å². The predicted octanol–water partition coefficient (Wildman–Crippen LogP) is 3.98. The predicted molar refractivity (Wildman–Crippen MR) is 80.9 cm³/mol. The number of rotatable bonds is 2. The van der Waals surface area contributed by atoms with E-state index in [9.17, 15) is 0 Å². The summed E-state index contributed by atoms with van der Waals surface area (Å²) >= 11 is 9.79. The first-order chi connectivity index (χ1) is 8.49. The minimum Gasteiger partial charge on any atom is -0.328 e. The average molecular weight is 332 g/mol. The number of nitrogens with two attached hydrogens (primary N) is 1. The Morgan fingerprint density at radius 2 is 2.22 bits per heavy atom. The molecule has 4 heteroatoms. The van der Waals surface area contributed by atoms with Crippen LogP contribution in [-0.4, -0.2) is 23.5 Å². The number of piperidine rings is 1. The van der Waals surface area contributed by atoms with E-state index in [4.69, 9.17) is 17.3 Å². The molecule has 0 saturated carbocycles. The van der Waals surface area contributed by atoms with Gasteiger partial charge in [0.2, 0.25) is 0 Å². The molecule has 1 aliphatic rings. The summed E-state index contributed by atoms with van der Waals surface area (Å²) in [7, 11) is 0. The molecule has 2 nitrogen and oxygen atoms in total. The van der Waals surface area contributed by atoms with Gasteiger partial charge in [-0.15, -0.1) is 0 Å². The number of nitrogens with zero attached hydrogens (tertiary/aromatic N) is 1. The van der Waals surface area contributed by atoms with Gasteiger partial charge >= 0.3 is 0 Å². The van der Waals surface area contributed by atoms with E-state index < -0.39 is 0 Å². The van der Waals surface area contributed by atoms with Gasteiger partial charge in [0.15, 0.2) is 0 Å². The molecule has 3 atom stereocenters. The minimum atomic E-state index is 0.341. The fourth-order valence-electron chi connectivity index (χ4n) is 2.82. The highest BCUT2D eigenvalue weighted by Crippen LogP contribution is 2.33. The second-order valence-corrected chi connectivity index (χ2v) is 6.54. The van der Waals surface area contributed by atoms with Gasteiger partial charge in [-0.25, -0.2) is 0 Å². The Kier molecular flexibility index (Phi) is 4.70. The van der Waals surface area contributed by atoms with E-state index >= 15 is 0 Å². The Bertz CT molecular complexity index is 424. The van der Waals surface area contributed by atoms with Crippen molar-refractivity contribution in [1.82, 2.24) is 4.90 Å². The summed E-state index contributed by atoms with van der Waals surface area (Å²) in [6.45, 7) is 5.53. The van der Waals surface area contributed by atoms with Crippen molar-refractivity contribution in [2.45, 2.75) is 44.8 Å². The first-order valence-electron chi connectivity index (χ1n) is 6.45. The summed E-state index contributed by atoms with van der Waals surface area (Å²) in [4.78, 5) is 2.50. The second kappa shape index (κ2) is 5.91. The smallest absolute Gasteiger partial charge is 0.0464 e. The Morgan fingerprint density at radius 1 is 1.50 bits per heavy atom. The van der Waals surface area contributed by atoms with Crippen LogP contribution >= 0.6 is 27.5 Å². The standard InChI is InChI=1S/C14H20BrClN2/c1-9-7-12(17)5-6-18(9)10(2)13-4-3-11(15)8-14(13)16/h3-4,8-10,12H,5-7,17H2,1-2H3. The van der Waals surface area contributed by atoms with Crippen LogP contribution in [0.2, 0.25) is 5.02 Å². The van der Waals surface area contributed by atoms with Crippen LogP contribution in [0.4, 0.5) is 0 Å². The molecule has 1 aromatic carbocycles. The molecule has 0 spiro atoms. The lowest BCUT2D eigenvalue weighted by atomic mass is 9.95. The maximum absolute atomic E-state index is 6.34. The molecule has 2 N–H and O–H groups in total. The Morgan fingerprint density at radius 3 is 2.83 bits per heavy atom. The summed E-state index contributed by atoms with van der Waals surface area (Å²) in [5.41, 5.74) is 7.21. The van der Waals surface area contributed by atoms with E-state index in [1.807, 2.05) is 6.07 Å². The Labute approximate surface area is 123 Å². The van der Waals surface area contributed by atoms with Gasteiger partial charge in [0.05, 0.1) is 0 Å². The lowest BCUT2D eigenvalue weighted by molar-refractivity contribution is 0.104. The molecule has 1 aliphatic heterocycles. The molecular formula is C14H20BrClN2. The molecule has 1 fully saturated rings. The van der Waals surface area contributed by atoms with Crippen molar-refractivity contribution in [2.24, 2.45) is 5.73 Å². The van der Waals surface area contributed by atoms with E-state index in [1.165, 1.54) is 5.56 Å². The second-order valence-electron chi connectivity index (χ2n) is 5.21. The normalized spacial score (nSPS) is 27.2. The van der Waals surface area contributed by atoms with E-state index in [0.29, 0.717) is 18.1 Å². The zero-order chi connectivity index (χ0) is 13.3. The van der Waals surface area contributed by atoms with E-state index in [2.05, 4.69) is 46.8 Å². The summed E-state index contributed by atoms with van der Waals surface area (Å²) in [5.74, 6) is 0. The van der Waals surface area contributed by atoms with Gasteiger partial charge in [-0.2, -0.15) is 0 Å². The first kappa shape index (κ1) is 14.3. The average Bonchev–Trinajstić information content (AvgIpc) is 2.28. The van der Waals surface area contributed by atoms with Gasteiger partial charge in [-0.05, 0) is 44.4 Å². The number of hydrogen-bond acceptors (Lipinski definition) is 2. The monoisotopic (exact) mass is 330 g/mol. The van der Waals surface area contributed by atoms with Gasteiger partial charge in [0.1, 0.15) is 0 Å². The van der Waals surface area contributed by atoms with E-state index in [0.717, 1.165) is 28.9 Å². The highest BCUT2D eigenvalue weighted by atomic mass is 79.9. The number of hydrogen-bond donors (Lipinski definition) is 1. The van der Waals surface area contributed by atoms with Crippen LogP contribution in [0.25, 0.3) is 0 Å². The number of likely N-dealkylation sites (tertiary alicyclic amines) is 1. The van der Waals surface area contributed by atoms with Crippen molar-refractivity contribution < 1.29 is 0 Å². The quantitative estimate of drug-likeness (QED) is 0.888. The fourth-order valence-corrected chi connectivity index (χ4v) is 3.65. The first-order valence-corrected chi connectivity index (χ1v) is 7.62. The van der Waals surface area contributed by atoms with Crippen molar-refractivity contribution in [3.8, 4) is 0 Å². The summed E-state index contributed by atoms with van der Waals surface area (Å²) < 4.78 is 1.03. The highest BCUT2D eigenvalue weighted by molar-refractivity contribution is 9.10. The zero-order valence-electron chi connectivity index (χ0n) is 10.9. The van der Waals surface area contributed by atoms with Crippen LogP contribution < -0.4 is 5.73 Å². The summed E-state index contributed by atoms with van der Waals surface area (Å²) in [6, 6.07) is 7.34. The van der Waals surface area contributed by atoms with Gasteiger partial charge < -0.3 is 5.73 Å². The molecule has 3 unspecified atom stereocenters. The molecule has 1 saturated heterocycles. The number of benzene rings is 1. The Hall–Kier alpha value is -0.0900. The third-order valence-corrected chi connectivity index (χ3v) is 4.70. The lowest BCUT2D eigenvalue weighted by Crippen LogP contribution is -2.46. The van der Waals surface area contributed by atoms with Crippen LogP contribution in [0, 0.1) is 0 Å². The van der Waals surface area contributed by atoms with Crippen LogP contribution in [-0.2, 0) is 0 Å². The van der Waals surface area contributed by atoms with Crippen LogP contribution in [0.15, 0.2) is 22.7 Å². The largest absolute Gasteiger partial charge is 0.328 e. The maximum Gasteiger partial charge on any atom is 0.0464 e. The molecule has 0 aromatic heterocycles. The van der Waals surface area contributed by atoms with Crippen molar-refractivity contribution in [1.29, 1.82) is 0 Å². The molecule has 100 valence electrons. The SMILES string of the molecule is CC1CC(N)CCN1C(C)c1ccc(Br)cc1Cl. The van der Waals surface area contributed by atoms with Crippen LogP contribution in [0.5, 0.6) is 0 Å². The van der Waals surface area contributed by atoms with Gasteiger partial charge in [-0.3, -0.25) is 4.90 Å². The van der Waals surface area contributed by atoms with Crippen molar-refractivity contribution >= 4 is 27.5 Å². The molecule has 18 heavy (non-hydrogen) atoms. The van der Waals surface area contributed by atoms with Crippen LogP contribution in [0.3, 0.4) is 0 Å². The molecular weight excluding hydrogens is 312 g/mol. The molecule has 1 aromatic rings. The van der Waals surface area contributed by atoms with E-state index in [-0.39, 0.29) is 0 Å². The van der Waals surface area contributed by atoms with Gasteiger partial charge in [0, 0.05) is 34.2 Å². The lowest BCUT2D eigenvalue weighted by Gasteiger charge is -2.40. The minimum absolute atomic E-state index is 0.341. The van der Waals surface area contributed by atoms with Gasteiger partial charge in [0.25, 0.3) is 0 Å². The molecule has 1 heterocycles. The topological polar surface area (TPSA) is 29.3 Å². The molecule has 0 bridgehead atoms. The summed E-state index contributed by atoms with van der Waals surface area (Å²) in [6.07, 6.45) is 2.14. The van der Waals surface area contributed by atoms with Crippen molar-refractivity contribution in [3.05, 3.63) is 33.3 Å². The fraction of sp³-hybridized carbons (Fsp3) is 0.571. The summed E-state index contributed by atoms with van der Waals surface area (Å²) in [5, 5.41) is 0.832. The highest BCUT2D eigenvalue weighted by Gasteiger charge is 2.28. The molecule has 0 radical (unpaired) electrons. The molecule has 2 rings (SSSR count). The molecule has 0 aliphatic carbocycles. The third kappa shape index (κ3) is 3.08. The molecule has 0 amide bonds. The Balaban J connectivity index is 2.17. The van der Waals surface area contributed by atoms with Crippen molar-refractivity contribution in [3.63, 3.8) is 0 Å². The van der Waals surface area contributed by atoms with Crippen LogP contribution in [0.1, 0.15) is 38.3 Å². The van der Waals surface area contributed by atoms with Gasteiger partial charge in [-0.1, -0.05) is 33.6 Å². The third-order valence-electron chi connectivity index (χ3n) is 3.88. The zero-order valence-corrected chi connectivity index (χ0v) is 13.2. The maximum atomic E-state index is 6.34.